The average molecular weight is 230 g/mol. The predicted molar refractivity (Wildman–Crippen MR) is 65.8 cm³/mol. The average Bonchev–Trinajstić information content (AvgIpc) is 2.21. The molecule has 0 unspecified atom stereocenters. The first-order valence-electron chi connectivity index (χ1n) is 5.30. The standard InChI is InChI=1S/C11H20ClN3/c1-3-11(13)8-10(12)9-15-6-4-14(2)5-7-15/h3,8H,4-7,9,13H2,1-2H3/b10-8+,11-3+. The second-order valence-electron chi connectivity index (χ2n) is 3.96. The molecule has 4 heteroatoms. The van der Waals surface area contributed by atoms with E-state index >= 15 is 0 Å². The minimum atomic E-state index is 0.731. The summed E-state index contributed by atoms with van der Waals surface area (Å²) in [7, 11) is 2.15. The summed E-state index contributed by atoms with van der Waals surface area (Å²) in [6.07, 6.45) is 3.69. The fraction of sp³-hybridized carbons (Fsp3) is 0.636. The van der Waals surface area contributed by atoms with Crippen molar-refractivity contribution in [2.24, 2.45) is 5.73 Å². The zero-order chi connectivity index (χ0) is 11.3. The van der Waals surface area contributed by atoms with Crippen molar-refractivity contribution >= 4 is 11.6 Å². The molecule has 15 heavy (non-hydrogen) atoms. The largest absolute Gasteiger partial charge is 0.399 e. The van der Waals surface area contributed by atoms with Crippen molar-refractivity contribution in [3.05, 3.63) is 22.9 Å². The van der Waals surface area contributed by atoms with Gasteiger partial charge >= 0.3 is 0 Å². The maximum atomic E-state index is 6.11. The summed E-state index contributed by atoms with van der Waals surface area (Å²) >= 11 is 6.11. The summed E-state index contributed by atoms with van der Waals surface area (Å²) in [5.74, 6) is 0. The van der Waals surface area contributed by atoms with Crippen molar-refractivity contribution in [1.29, 1.82) is 0 Å². The van der Waals surface area contributed by atoms with Gasteiger partial charge in [0, 0.05) is 43.5 Å². The van der Waals surface area contributed by atoms with E-state index in [1.807, 2.05) is 19.1 Å². The molecule has 1 rings (SSSR count). The van der Waals surface area contributed by atoms with Gasteiger partial charge in [0.1, 0.15) is 0 Å². The Bertz CT molecular complexity index is 253. The molecular formula is C11H20ClN3. The van der Waals surface area contributed by atoms with Crippen LogP contribution in [0.25, 0.3) is 0 Å². The molecule has 1 aliphatic heterocycles. The number of hydrogen-bond acceptors (Lipinski definition) is 3. The summed E-state index contributed by atoms with van der Waals surface area (Å²) in [6.45, 7) is 7.11. The lowest BCUT2D eigenvalue weighted by Gasteiger charge is -2.32. The van der Waals surface area contributed by atoms with Gasteiger partial charge in [-0.15, -0.1) is 0 Å². The van der Waals surface area contributed by atoms with E-state index in [4.69, 9.17) is 17.3 Å². The Hall–Kier alpha value is -0.510. The van der Waals surface area contributed by atoms with Crippen LogP contribution in [0.4, 0.5) is 0 Å². The summed E-state index contributed by atoms with van der Waals surface area (Å²) < 4.78 is 0. The molecule has 1 fully saturated rings. The molecule has 1 aliphatic rings. The van der Waals surface area contributed by atoms with Crippen LogP contribution in [0.1, 0.15) is 6.92 Å². The third kappa shape index (κ3) is 4.69. The lowest BCUT2D eigenvalue weighted by Crippen LogP contribution is -2.44. The molecule has 0 aromatic carbocycles. The molecule has 3 nitrogen and oxygen atoms in total. The van der Waals surface area contributed by atoms with Gasteiger partial charge in [-0.25, -0.2) is 0 Å². The Kier molecular flexibility index (Phi) is 5.15. The van der Waals surface area contributed by atoms with Crippen LogP contribution in [-0.4, -0.2) is 49.6 Å². The van der Waals surface area contributed by atoms with Crippen LogP contribution in [0, 0.1) is 0 Å². The van der Waals surface area contributed by atoms with Gasteiger partial charge in [0.05, 0.1) is 0 Å². The van der Waals surface area contributed by atoms with Gasteiger partial charge in [-0.1, -0.05) is 17.7 Å². The van der Waals surface area contributed by atoms with Crippen LogP contribution in [0.3, 0.4) is 0 Å². The third-order valence-electron chi connectivity index (χ3n) is 2.63. The number of halogens is 1. The first-order valence-corrected chi connectivity index (χ1v) is 5.68. The highest BCUT2D eigenvalue weighted by molar-refractivity contribution is 6.30. The molecule has 0 radical (unpaired) electrons. The Morgan fingerprint density at radius 3 is 2.47 bits per heavy atom. The highest BCUT2D eigenvalue weighted by Gasteiger charge is 2.13. The molecule has 0 aromatic rings. The molecule has 0 aromatic heterocycles. The molecule has 2 N–H and O–H groups in total. The highest BCUT2D eigenvalue weighted by Crippen LogP contribution is 2.09. The van der Waals surface area contributed by atoms with Crippen LogP contribution in [0.5, 0.6) is 0 Å². The molecule has 0 bridgehead atoms. The number of nitrogens with two attached hydrogens (primary N) is 1. The van der Waals surface area contributed by atoms with Gasteiger partial charge in [-0.2, -0.15) is 0 Å². The molecule has 1 heterocycles. The van der Waals surface area contributed by atoms with E-state index in [1.165, 1.54) is 0 Å². The van der Waals surface area contributed by atoms with E-state index < -0.39 is 0 Å². The number of nitrogens with zero attached hydrogens (tertiary/aromatic N) is 2. The van der Waals surface area contributed by atoms with Crippen LogP contribution in [-0.2, 0) is 0 Å². The number of likely N-dealkylation sites (N-methyl/N-ethyl adjacent to an activating group) is 1. The van der Waals surface area contributed by atoms with E-state index in [0.29, 0.717) is 0 Å². The molecule has 0 amide bonds. The molecule has 0 aliphatic carbocycles. The smallest absolute Gasteiger partial charge is 0.0343 e. The van der Waals surface area contributed by atoms with Crippen molar-refractivity contribution in [1.82, 2.24) is 9.80 Å². The summed E-state index contributed by atoms with van der Waals surface area (Å²) in [4.78, 5) is 4.68. The van der Waals surface area contributed by atoms with Crippen LogP contribution in [0.15, 0.2) is 22.9 Å². The number of piperazine rings is 1. The van der Waals surface area contributed by atoms with Gasteiger partial charge in [0.15, 0.2) is 0 Å². The quantitative estimate of drug-likeness (QED) is 0.739. The van der Waals surface area contributed by atoms with Gasteiger partial charge in [-0.3, -0.25) is 4.90 Å². The van der Waals surface area contributed by atoms with Crippen molar-refractivity contribution in [2.45, 2.75) is 6.92 Å². The molecule has 86 valence electrons. The van der Waals surface area contributed by atoms with Crippen molar-refractivity contribution in [3.8, 4) is 0 Å². The Balaban J connectivity index is 2.38. The summed E-state index contributed by atoms with van der Waals surface area (Å²) in [6, 6.07) is 0. The molecular weight excluding hydrogens is 210 g/mol. The first-order chi connectivity index (χ1) is 7.11. The predicted octanol–water partition coefficient (Wildman–Crippen LogP) is 1.22. The SMILES string of the molecule is C/C=C(N)\C=C(\Cl)CN1CCN(C)CC1. The van der Waals surface area contributed by atoms with Crippen molar-refractivity contribution in [2.75, 3.05) is 39.8 Å². The van der Waals surface area contributed by atoms with E-state index in [9.17, 15) is 0 Å². The lowest BCUT2D eigenvalue weighted by atomic mass is 10.3. The zero-order valence-electron chi connectivity index (χ0n) is 9.54. The van der Waals surface area contributed by atoms with E-state index in [0.717, 1.165) is 43.5 Å². The van der Waals surface area contributed by atoms with Crippen molar-refractivity contribution < 1.29 is 0 Å². The summed E-state index contributed by atoms with van der Waals surface area (Å²) in [5.41, 5.74) is 6.41. The molecule has 0 saturated carbocycles. The third-order valence-corrected chi connectivity index (χ3v) is 2.86. The Morgan fingerprint density at radius 2 is 1.93 bits per heavy atom. The van der Waals surface area contributed by atoms with Crippen LogP contribution < -0.4 is 5.73 Å². The van der Waals surface area contributed by atoms with Gasteiger partial charge in [0.2, 0.25) is 0 Å². The first kappa shape index (κ1) is 12.6. The lowest BCUT2D eigenvalue weighted by molar-refractivity contribution is 0.165. The van der Waals surface area contributed by atoms with Gasteiger partial charge in [-0.05, 0) is 20.0 Å². The fourth-order valence-electron chi connectivity index (χ4n) is 1.53. The molecule has 0 spiro atoms. The minimum absolute atomic E-state index is 0.731. The van der Waals surface area contributed by atoms with Gasteiger partial charge < -0.3 is 10.6 Å². The van der Waals surface area contributed by atoms with E-state index in [2.05, 4.69) is 16.8 Å². The maximum absolute atomic E-state index is 6.11. The van der Waals surface area contributed by atoms with Crippen molar-refractivity contribution in [3.63, 3.8) is 0 Å². The molecule has 0 atom stereocenters. The minimum Gasteiger partial charge on any atom is -0.399 e. The molecule has 1 saturated heterocycles. The topological polar surface area (TPSA) is 32.5 Å². The highest BCUT2D eigenvalue weighted by atomic mass is 35.5. The normalized spacial score (nSPS) is 22.1. The second-order valence-corrected chi connectivity index (χ2v) is 4.44. The van der Waals surface area contributed by atoms with Crippen LogP contribution in [0.2, 0.25) is 0 Å². The second kappa shape index (κ2) is 6.16. The van der Waals surface area contributed by atoms with E-state index in [1.54, 1.807) is 0 Å². The van der Waals surface area contributed by atoms with E-state index in [-0.39, 0.29) is 0 Å². The zero-order valence-corrected chi connectivity index (χ0v) is 10.3. The number of allylic oxidation sites excluding steroid dienone is 2. The van der Waals surface area contributed by atoms with Crippen LogP contribution >= 0.6 is 11.6 Å². The number of hydrogen-bond donors (Lipinski definition) is 1. The number of rotatable bonds is 3. The Labute approximate surface area is 97.2 Å². The van der Waals surface area contributed by atoms with Gasteiger partial charge in [0.25, 0.3) is 0 Å². The Morgan fingerprint density at radius 1 is 1.33 bits per heavy atom. The monoisotopic (exact) mass is 229 g/mol. The maximum Gasteiger partial charge on any atom is 0.0343 e. The summed E-state index contributed by atoms with van der Waals surface area (Å²) in [5, 5.41) is 0.815. The fourth-order valence-corrected chi connectivity index (χ4v) is 1.82.